The predicted octanol–water partition coefficient (Wildman–Crippen LogP) is 1.23. The summed E-state index contributed by atoms with van der Waals surface area (Å²) in [5, 5.41) is 8.87. The summed E-state index contributed by atoms with van der Waals surface area (Å²) in [6, 6.07) is 0. The van der Waals surface area contributed by atoms with Gasteiger partial charge in [0.25, 0.3) is 0 Å². The Kier molecular flexibility index (Phi) is 5.80. The van der Waals surface area contributed by atoms with Crippen LogP contribution in [-0.2, 0) is 0 Å². The molecule has 1 N–H and O–H groups in total. The van der Waals surface area contributed by atoms with Crippen molar-refractivity contribution in [3.63, 3.8) is 0 Å². The van der Waals surface area contributed by atoms with E-state index >= 15 is 0 Å². The monoisotopic (exact) mass is 142 g/mol. The van der Waals surface area contributed by atoms with Crippen LogP contribution in [0.1, 0.15) is 33.1 Å². The van der Waals surface area contributed by atoms with Crippen molar-refractivity contribution in [1.82, 2.24) is 0 Å². The summed E-state index contributed by atoms with van der Waals surface area (Å²) >= 11 is 0. The zero-order valence-corrected chi connectivity index (χ0v) is 7.43. The molecule has 0 saturated heterocycles. The molecule has 2 heteroatoms. The smallest absolute Gasteiger partial charge is 0.105 e. The molecule has 10 heavy (non-hydrogen) atoms. The summed E-state index contributed by atoms with van der Waals surface area (Å²) in [5.74, 6) is 1.31. The lowest BCUT2D eigenvalue weighted by molar-refractivity contribution is 0.212. The predicted molar refractivity (Wildman–Crippen MR) is 48.1 cm³/mol. The molecule has 2 unspecified atom stereocenters. The number of hydrogen-bond donors (Lipinski definition) is 1. The fraction of sp³-hybridized carbons (Fsp3) is 1.00. The van der Waals surface area contributed by atoms with Gasteiger partial charge < -0.3 is 5.11 Å². The number of aliphatic hydroxyl groups is 1. The first-order valence-corrected chi connectivity index (χ1v) is 4.35. The van der Waals surface area contributed by atoms with Crippen molar-refractivity contribution < 1.29 is 5.11 Å². The minimum absolute atomic E-state index is 0.362. The highest BCUT2D eigenvalue weighted by atomic mass is 16.3. The molecule has 0 aromatic rings. The summed E-state index contributed by atoms with van der Waals surface area (Å²) in [4.78, 5) is 0. The third kappa shape index (κ3) is 3.94. The van der Waals surface area contributed by atoms with Crippen LogP contribution in [0.5, 0.6) is 0 Å². The largest absolute Gasteiger partial charge is 0.396 e. The molecule has 1 nitrogen and oxygen atoms in total. The van der Waals surface area contributed by atoms with Crippen LogP contribution < -0.4 is 0 Å². The summed E-state index contributed by atoms with van der Waals surface area (Å²) in [5.41, 5.74) is 0. The number of rotatable bonds is 5. The molecule has 0 saturated carbocycles. The number of hydrogen-bond acceptors (Lipinski definition) is 1. The van der Waals surface area contributed by atoms with Crippen molar-refractivity contribution in [2.24, 2.45) is 5.92 Å². The molecule has 0 bridgehead atoms. The van der Waals surface area contributed by atoms with Gasteiger partial charge in [-0.2, -0.15) is 0 Å². The Hall–Kier alpha value is 0.0249. The van der Waals surface area contributed by atoms with Gasteiger partial charge in [-0.3, -0.25) is 0 Å². The van der Waals surface area contributed by atoms with E-state index < -0.39 is 0 Å². The van der Waals surface area contributed by atoms with Gasteiger partial charge in [0.05, 0.1) is 0 Å². The van der Waals surface area contributed by atoms with E-state index in [1.807, 2.05) is 0 Å². The Morgan fingerprint density at radius 1 is 1.30 bits per heavy atom. The van der Waals surface area contributed by atoms with Crippen molar-refractivity contribution in [3.05, 3.63) is 0 Å². The van der Waals surface area contributed by atoms with E-state index in [1.165, 1.54) is 12.8 Å². The maximum Gasteiger partial charge on any atom is 0.105 e. The average molecular weight is 142 g/mol. The molecule has 0 spiro atoms. The molecule has 0 fully saturated rings. The first kappa shape index (κ1) is 10.0. The van der Waals surface area contributed by atoms with Gasteiger partial charge in [-0.1, -0.05) is 38.9 Å². The molecule has 0 aliphatic heterocycles. The van der Waals surface area contributed by atoms with Crippen molar-refractivity contribution in [2.45, 2.75) is 38.9 Å². The highest BCUT2D eigenvalue weighted by molar-refractivity contribution is 6.11. The van der Waals surface area contributed by atoms with Crippen LogP contribution in [0.3, 0.4) is 0 Å². The molecule has 0 aliphatic rings. The van der Waals surface area contributed by atoms with E-state index in [0.29, 0.717) is 12.5 Å². The topological polar surface area (TPSA) is 20.2 Å². The maximum atomic E-state index is 8.87. The van der Waals surface area contributed by atoms with Gasteiger partial charge in [0.15, 0.2) is 0 Å². The summed E-state index contributed by atoms with van der Waals surface area (Å²) in [6.45, 7) is 4.71. The van der Waals surface area contributed by atoms with Crippen molar-refractivity contribution in [2.75, 3.05) is 6.61 Å². The Labute approximate surface area is 65.2 Å². The quantitative estimate of drug-likeness (QED) is 0.572. The SMILES string of the molecule is BC(CC)CC(CC)CO. The zero-order valence-electron chi connectivity index (χ0n) is 7.43. The van der Waals surface area contributed by atoms with Gasteiger partial charge >= 0.3 is 0 Å². The Bertz CT molecular complexity index is 71.7. The van der Waals surface area contributed by atoms with Gasteiger partial charge in [-0.15, -0.1) is 0 Å². The first-order valence-electron chi connectivity index (χ1n) is 4.35. The van der Waals surface area contributed by atoms with Crippen molar-refractivity contribution in [1.29, 1.82) is 0 Å². The molecule has 0 amide bonds. The zero-order chi connectivity index (χ0) is 7.98. The van der Waals surface area contributed by atoms with Crippen LogP contribution in [-0.4, -0.2) is 19.6 Å². The standard InChI is InChI=1S/C8H19BO/c1-3-7(6-10)5-8(9)4-2/h7-8,10H,3-6,9H2,1-2H3. The van der Waals surface area contributed by atoms with Gasteiger partial charge in [0, 0.05) is 6.61 Å². The van der Waals surface area contributed by atoms with Crippen LogP contribution in [0.15, 0.2) is 0 Å². The second-order valence-corrected chi connectivity index (χ2v) is 3.21. The third-order valence-corrected chi connectivity index (χ3v) is 2.27. The summed E-state index contributed by atoms with van der Waals surface area (Å²) in [6.07, 6.45) is 3.53. The molecule has 0 aromatic heterocycles. The lowest BCUT2D eigenvalue weighted by Crippen LogP contribution is -2.07. The van der Waals surface area contributed by atoms with Crippen LogP contribution in [0.4, 0.5) is 0 Å². The van der Waals surface area contributed by atoms with E-state index in [-0.39, 0.29) is 0 Å². The highest BCUT2D eigenvalue weighted by Crippen LogP contribution is 2.19. The van der Waals surface area contributed by atoms with E-state index in [1.54, 1.807) is 0 Å². The molecule has 0 aromatic carbocycles. The Morgan fingerprint density at radius 3 is 2.20 bits per heavy atom. The average Bonchev–Trinajstić information content (AvgIpc) is 1.99. The minimum atomic E-state index is 0.362. The molecular weight excluding hydrogens is 123 g/mol. The van der Waals surface area contributed by atoms with E-state index in [9.17, 15) is 0 Å². The second kappa shape index (κ2) is 5.78. The molecule has 0 aliphatic carbocycles. The fourth-order valence-corrected chi connectivity index (χ4v) is 1.11. The van der Waals surface area contributed by atoms with E-state index in [4.69, 9.17) is 5.11 Å². The molecule has 2 atom stereocenters. The van der Waals surface area contributed by atoms with Gasteiger partial charge in [-0.25, -0.2) is 0 Å². The van der Waals surface area contributed by atoms with Gasteiger partial charge in [-0.05, 0) is 5.92 Å². The summed E-state index contributed by atoms with van der Waals surface area (Å²) < 4.78 is 0. The molecule has 0 heterocycles. The molecular formula is C8H19BO. The van der Waals surface area contributed by atoms with Crippen LogP contribution in [0, 0.1) is 5.92 Å². The van der Waals surface area contributed by atoms with E-state index in [2.05, 4.69) is 21.7 Å². The van der Waals surface area contributed by atoms with Crippen LogP contribution in [0.2, 0.25) is 5.82 Å². The van der Waals surface area contributed by atoms with Gasteiger partial charge in [0.1, 0.15) is 7.85 Å². The Balaban J connectivity index is 3.41. The van der Waals surface area contributed by atoms with E-state index in [0.717, 1.165) is 12.2 Å². The van der Waals surface area contributed by atoms with Crippen molar-refractivity contribution >= 4 is 7.85 Å². The fourth-order valence-electron chi connectivity index (χ4n) is 1.11. The molecule has 0 radical (unpaired) electrons. The molecule has 0 rings (SSSR count). The van der Waals surface area contributed by atoms with Crippen LogP contribution in [0.25, 0.3) is 0 Å². The lowest BCUT2D eigenvalue weighted by Gasteiger charge is -2.15. The lowest BCUT2D eigenvalue weighted by atomic mass is 9.78. The number of aliphatic hydroxyl groups excluding tert-OH is 1. The highest BCUT2D eigenvalue weighted by Gasteiger charge is 2.08. The summed E-state index contributed by atoms with van der Waals surface area (Å²) in [7, 11) is 2.25. The Morgan fingerprint density at radius 2 is 1.90 bits per heavy atom. The minimum Gasteiger partial charge on any atom is -0.396 e. The van der Waals surface area contributed by atoms with Crippen LogP contribution >= 0.6 is 0 Å². The van der Waals surface area contributed by atoms with Gasteiger partial charge in [0.2, 0.25) is 0 Å². The third-order valence-electron chi connectivity index (χ3n) is 2.27. The second-order valence-electron chi connectivity index (χ2n) is 3.21. The molecule has 60 valence electrons. The normalized spacial score (nSPS) is 16.7. The first-order chi connectivity index (χ1) is 4.74. The maximum absolute atomic E-state index is 8.87. The van der Waals surface area contributed by atoms with Crippen molar-refractivity contribution in [3.8, 4) is 0 Å².